The van der Waals surface area contributed by atoms with E-state index in [2.05, 4.69) is 16.8 Å². The first kappa shape index (κ1) is 14.8. The van der Waals surface area contributed by atoms with Crippen molar-refractivity contribution in [2.75, 3.05) is 20.6 Å². The third-order valence-electron chi connectivity index (χ3n) is 3.13. The van der Waals surface area contributed by atoms with Gasteiger partial charge in [-0.2, -0.15) is 0 Å². The summed E-state index contributed by atoms with van der Waals surface area (Å²) < 4.78 is 0. The summed E-state index contributed by atoms with van der Waals surface area (Å²) in [5, 5.41) is 5.09. The first-order valence-electron chi connectivity index (χ1n) is 6.70. The number of rotatable bonds is 6. The van der Waals surface area contributed by atoms with E-state index < -0.39 is 0 Å². The Morgan fingerprint density at radius 1 is 1.20 bits per heavy atom. The maximum atomic E-state index is 12.4. The molecule has 1 N–H and O–H groups in total. The van der Waals surface area contributed by atoms with Gasteiger partial charge in [-0.3, -0.25) is 9.69 Å². The number of carbonyl (C=O) groups is 1. The number of nitrogens with one attached hydrogen (secondary N) is 1. The standard InChI is InChI=1S/C16H20N2OS/c1-18(2)15(13-7-4-3-5-8-13)16(19)17-11-10-14-9-6-12-20-14/h3-9,12,15H,10-11H2,1-2H3,(H,17,19). The number of carbonyl (C=O) groups excluding carboxylic acids is 1. The van der Waals surface area contributed by atoms with Crippen molar-refractivity contribution in [3.05, 3.63) is 58.3 Å². The summed E-state index contributed by atoms with van der Waals surface area (Å²) in [6.07, 6.45) is 0.887. The molecule has 1 heterocycles. The van der Waals surface area contributed by atoms with Gasteiger partial charge in [-0.05, 0) is 37.5 Å². The van der Waals surface area contributed by atoms with Crippen molar-refractivity contribution in [3.63, 3.8) is 0 Å². The number of hydrogen-bond donors (Lipinski definition) is 1. The van der Waals surface area contributed by atoms with Crippen molar-refractivity contribution < 1.29 is 4.79 Å². The zero-order valence-electron chi connectivity index (χ0n) is 11.9. The fourth-order valence-electron chi connectivity index (χ4n) is 2.18. The van der Waals surface area contributed by atoms with Crippen molar-refractivity contribution in [1.29, 1.82) is 0 Å². The Bertz CT molecular complexity index is 523. The van der Waals surface area contributed by atoms with Gasteiger partial charge in [0.2, 0.25) is 5.91 Å². The normalized spacial score (nSPS) is 12.3. The molecular formula is C16H20N2OS. The Kier molecular flexibility index (Phi) is 5.32. The molecule has 1 amide bonds. The van der Waals surface area contributed by atoms with Crippen LogP contribution in [0.1, 0.15) is 16.5 Å². The zero-order valence-corrected chi connectivity index (χ0v) is 12.7. The van der Waals surface area contributed by atoms with Crippen molar-refractivity contribution in [3.8, 4) is 0 Å². The van der Waals surface area contributed by atoms with Crippen LogP contribution in [-0.2, 0) is 11.2 Å². The maximum Gasteiger partial charge on any atom is 0.241 e. The predicted molar refractivity (Wildman–Crippen MR) is 83.9 cm³/mol. The van der Waals surface area contributed by atoms with Crippen LogP contribution >= 0.6 is 11.3 Å². The van der Waals surface area contributed by atoms with E-state index in [4.69, 9.17) is 0 Å². The van der Waals surface area contributed by atoms with Crippen LogP contribution in [0.25, 0.3) is 0 Å². The second-order valence-electron chi connectivity index (χ2n) is 4.90. The quantitative estimate of drug-likeness (QED) is 0.886. The smallest absolute Gasteiger partial charge is 0.241 e. The van der Waals surface area contributed by atoms with Gasteiger partial charge in [-0.25, -0.2) is 0 Å². The SMILES string of the molecule is CN(C)C(C(=O)NCCc1cccs1)c1ccccc1. The van der Waals surface area contributed by atoms with Crippen molar-refractivity contribution in [2.24, 2.45) is 0 Å². The Balaban J connectivity index is 1.94. The van der Waals surface area contributed by atoms with E-state index in [1.807, 2.05) is 55.4 Å². The molecule has 0 spiro atoms. The number of benzene rings is 1. The van der Waals surface area contributed by atoms with Crippen LogP contribution in [-0.4, -0.2) is 31.4 Å². The summed E-state index contributed by atoms with van der Waals surface area (Å²) in [5.74, 6) is 0.0535. The molecule has 0 bridgehead atoms. The molecule has 0 aliphatic carbocycles. The Morgan fingerprint density at radius 3 is 2.55 bits per heavy atom. The van der Waals surface area contributed by atoms with Crippen LogP contribution in [0.15, 0.2) is 47.8 Å². The second-order valence-corrected chi connectivity index (χ2v) is 5.93. The molecule has 2 aromatic rings. The highest BCUT2D eigenvalue weighted by molar-refractivity contribution is 7.09. The van der Waals surface area contributed by atoms with Gasteiger partial charge in [0.1, 0.15) is 6.04 Å². The van der Waals surface area contributed by atoms with E-state index in [1.165, 1.54) is 4.88 Å². The lowest BCUT2D eigenvalue weighted by Crippen LogP contribution is -2.37. The molecule has 1 aromatic carbocycles. The Morgan fingerprint density at radius 2 is 1.95 bits per heavy atom. The maximum absolute atomic E-state index is 12.4. The summed E-state index contributed by atoms with van der Waals surface area (Å²) in [7, 11) is 3.85. The highest BCUT2D eigenvalue weighted by atomic mass is 32.1. The van der Waals surface area contributed by atoms with E-state index in [0.717, 1.165) is 12.0 Å². The van der Waals surface area contributed by atoms with Gasteiger partial charge in [0.15, 0.2) is 0 Å². The topological polar surface area (TPSA) is 32.3 Å². The number of amides is 1. The molecule has 2 rings (SSSR count). The molecule has 0 fully saturated rings. The third-order valence-corrected chi connectivity index (χ3v) is 4.07. The predicted octanol–water partition coefficient (Wildman–Crippen LogP) is 2.71. The van der Waals surface area contributed by atoms with E-state index in [-0.39, 0.29) is 11.9 Å². The molecule has 0 saturated heterocycles. The summed E-state index contributed by atoms with van der Waals surface area (Å²) in [6.45, 7) is 0.677. The first-order valence-corrected chi connectivity index (χ1v) is 7.58. The molecule has 1 aromatic heterocycles. The average Bonchev–Trinajstić information content (AvgIpc) is 2.93. The number of likely N-dealkylation sites (N-methyl/N-ethyl adjacent to an activating group) is 1. The summed E-state index contributed by atoms with van der Waals surface area (Å²) in [6, 6.07) is 13.8. The third kappa shape index (κ3) is 3.92. The molecular weight excluding hydrogens is 268 g/mol. The molecule has 0 aliphatic heterocycles. The highest BCUT2D eigenvalue weighted by Gasteiger charge is 2.21. The van der Waals surface area contributed by atoms with Crippen LogP contribution in [0.2, 0.25) is 0 Å². The lowest BCUT2D eigenvalue weighted by atomic mass is 10.1. The van der Waals surface area contributed by atoms with Crippen LogP contribution in [0, 0.1) is 0 Å². The van der Waals surface area contributed by atoms with Gasteiger partial charge in [0, 0.05) is 11.4 Å². The molecule has 3 nitrogen and oxygen atoms in total. The Labute approximate surface area is 124 Å². The van der Waals surface area contributed by atoms with E-state index >= 15 is 0 Å². The minimum absolute atomic E-state index is 0.0535. The second kappa shape index (κ2) is 7.22. The molecule has 4 heteroatoms. The zero-order chi connectivity index (χ0) is 14.4. The number of thiophene rings is 1. The van der Waals surface area contributed by atoms with Crippen LogP contribution < -0.4 is 5.32 Å². The van der Waals surface area contributed by atoms with Gasteiger partial charge in [-0.1, -0.05) is 36.4 Å². The molecule has 1 unspecified atom stereocenters. The average molecular weight is 288 g/mol. The van der Waals surface area contributed by atoms with Crippen LogP contribution in [0.4, 0.5) is 0 Å². The van der Waals surface area contributed by atoms with Gasteiger partial charge < -0.3 is 5.32 Å². The highest BCUT2D eigenvalue weighted by Crippen LogP contribution is 2.18. The minimum Gasteiger partial charge on any atom is -0.354 e. The number of hydrogen-bond acceptors (Lipinski definition) is 3. The van der Waals surface area contributed by atoms with Gasteiger partial charge >= 0.3 is 0 Å². The lowest BCUT2D eigenvalue weighted by Gasteiger charge is -2.23. The molecule has 0 radical (unpaired) electrons. The van der Waals surface area contributed by atoms with E-state index in [1.54, 1.807) is 11.3 Å². The first-order chi connectivity index (χ1) is 9.68. The molecule has 106 valence electrons. The summed E-state index contributed by atoms with van der Waals surface area (Å²) in [5.41, 5.74) is 1.02. The fraction of sp³-hybridized carbons (Fsp3) is 0.312. The summed E-state index contributed by atoms with van der Waals surface area (Å²) >= 11 is 1.72. The fourth-order valence-corrected chi connectivity index (χ4v) is 2.89. The van der Waals surface area contributed by atoms with Gasteiger partial charge in [0.05, 0.1) is 0 Å². The monoisotopic (exact) mass is 288 g/mol. The molecule has 0 aliphatic rings. The number of nitrogens with zero attached hydrogens (tertiary/aromatic N) is 1. The molecule has 1 atom stereocenters. The van der Waals surface area contributed by atoms with Crippen molar-refractivity contribution in [1.82, 2.24) is 10.2 Å². The summed E-state index contributed by atoms with van der Waals surface area (Å²) in [4.78, 5) is 15.6. The Hall–Kier alpha value is -1.65. The van der Waals surface area contributed by atoms with Gasteiger partial charge in [-0.15, -0.1) is 11.3 Å². The van der Waals surface area contributed by atoms with Crippen LogP contribution in [0.3, 0.4) is 0 Å². The lowest BCUT2D eigenvalue weighted by molar-refractivity contribution is -0.125. The van der Waals surface area contributed by atoms with Crippen molar-refractivity contribution >= 4 is 17.2 Å². The molecule has 0 saturated carbocycles. The van der Waals surface area contributed by atoms with E-state index in [9.17, 15) is 4.79 Å². The van der Waals surface area contributed by atoms with Crippen LogP contribution in [0.5, 0.6) is 0 Å². The molecule has 20 heavy (non-hydrogen) atoms. The van der Waals surface area contributed by atoms with Gasteiger partial charge in [0.25, 0.3) is 0 Å². The van der Waals surface area contributed by atoms with Crippen molar-refractivity contribution in [2.45, 2.75) is 12.5 Å². The minimum atomic E-state index is -0.237. The largest absolute Gasteiger partial charge is 0.354 e. The van der Waals surface area contributed by atoms with E-state index in [0.29, 0.717) is 6.54 Å².